The number of rotatable bonds is 5. The van der Waals surface area contributed by atoms with E-state index in [1.165, 1.54) is 29.7 Å². The molecule has 4 heterocycles. The molecule has 2 aromatic heterocycles. The molecule has 3 amide bonds. The van der Waals surface area contributed by atoms with Gasteiger partial charge in [-0.3, -0.25) is 19.3 Å². The topological polar surface area (TPSA) is 98.7 Å². The summed E-state index contributed by atoms with van der Waals surface area (Å²) in [6.45, 7) is 1.96. The molecule has 2 aliphatic rings. The highest BCUT2D eigenvalue weighted by Gasteiger charge is 2.35. The number of piperazine rings is 1. The number of thiazole rings is 1. The van der Waals surface area contributed by atoms with Gasteiger partial charge in [0.2, 0.25) is 5.91 Å². The fourth-order valence-corrected chi connectivity index (χ4v) is 5.72. The third-order valence-electron chi connectivity index (χ3n) is 6.84. The number of likely N-dealkylation sites (tertiary alicyclic amines) is 1. The molecular weight excluding hydrogens is 495 g/mol. The van der Waals surface area contributed by atoms with E-state index in [1.54, 1.807) is 34.4 Å². The summed E-state index contributed by atoms with van der Waals surface area (Å²) in [5.41, 5.74) is 1.49. The van der Waals surface area contributed by atoms with Gasteiger partial charge in [0.1, 0.15) is 16.7 Å². The van der Waals surface area contributed by atoms with Gasteiger partial charge in [-0.2, -0.15) is 0 Å². The Kier molecular flexibility index (Phi) is 6.98. The van der Waals surface area contributed by atoms with Crippen LogP contribution in [0.25, 0.3) is 0 Å². The maximum Gasteiger partial charge on any atom is 0.276 e. The lowest BCUT2D eigenvalue weighted by Gasteiger charge is -2.37. The lowest BCUT2D eigenvalue weighted by atomic mass is 10.0. The molecule has 0 spiro atoms. The van der Waals surface area contributed by atoms with Crippen molar-refractivity contribution in [3.63, 3.8) is 0 Å². The zero-order valence-electron chi connectivity index (χ0n) is 20.6. The summed E-state index contributed by atoms with van der Waals surface area (Å²) in [6, 6.07) is 9.22. The van der Waals surface area contributed by atoms with Crippen molar-refractivity contribution in [2.24, 2.45) is 0 Å². The van der Waals surface area contributed by atoms with Gasteiger partial charge in [0.25, 0.3) is 11.8 Å². The molecule has 0 radical (unpaired) electrons. The Labute approximate surface area is 217 Å². The van der Waals surface area contributed by atoms with Crippen LogP contribution in [0.1, 0.15) is 56.5 Å². The second kappa shape index (κ2) is 10.3. The molecule has 2 aliphatic heterocycles. The summed E-state index contributed by atoms with van der Waals surface area (Å²) in [5.74, 6) is -1.46. The predicted molar refractivity (Wildman–Crippen MR) is 137 cm³/mol. The van der Waals surface area contributed by atoms with Gasteiger partial charge in [-0.05, 0) is 49.7 Å². The van der Waals surface area contributed by atoms with Crippen LogP contribution < -0.4 is 5.32 Å². The standard InChI is InChI=1S/C26H27FN6O3S/c1-31-13-14-32(2)26(36)22(31)16-7-9-17(10-8-16)29-23(34)19-15-37-24(30-19)20-6-4-12-33(20)25(35)21-18(27)5-3-11-28-21/h3,5,7-11,15,20,22H,4,6,12-14H2,1-2H3,(H,29,34)/t20-,22?/m1/s1. The van der Waals surface area contributed by atoms with Gasteiger partial charge in [-0.1, -0.05) is 12.1 Å². The van der Waals surface area contributed by atoms with Crippen LogP contribution in [0.15, 0.2) is 48.0 Å². The molecule has 0 aliphatic carbocycles. The Bertz CT molecular complexity index is 1330. The number of carbonyl (C=O) groups excluding carboxylic acids is 3. The first-order chi connectivity index (χ1) is 17.8. The number of hydrogen-bond donors (Lipinski definition) is 1. The van der Waals surface area contributed by atoms with Crippen molar-refractivity contribution in [2.45, 2.75) is 24.9 Å². The third-order valence-corrected chi connectivity index (χ3v) is 7.78. The minimum atomic E-state index is -0.658. The first-order valence-electron chi connectivity index (χ1n) is 12.1. The average molecular weight is 523 g/mol. The summed E-state index contributed by atoms with van der Waals surface area (Å²) in [7, 11) is 3.73. The first kappa shape index (κ1) is 25.0. The van der Waals surface area contributed by atoms with E-state index >= 15 is 0 Å². The second-order valence-electron chi connectivity index (χ2n) is 9.28. The molecule has 5 rings (SSSR count). The molecule has 2 atom stereocenters. The smallest absolute Gasteiger partial charge is 0.276 e. The van der Waals surface area contributed by atoms with Gasteiger partial charge in [0.05, 0.1) is 6.04 Å². The van der Waals surface area contributed by atoms with Crippen LogP contribution >= 0.6 is 11.3 Å². The zero-order chi connectivity index (χ0) is 26.1. The maximum atomic E-state index is 14.1. The van der Waals surface area contributed by atoms with Crippen molar-refractivity contribution in [2.75, 3.05) is 39.0 Å². The largest absolute Gasteiger partial charge is 0.343 e. The molecule has 1 aromatic carbocycles. The number of amides is 3. The number of benzene rings is 1. The minimum Gasteiger partial charge on any atom is -0.343 e. The van der Waals surface area contributed by atoms with Crippen LogP contribution in [-0.2, 0) is 4.79 Å². The van der Waals surface area contributed by atoms with Crippen molar-refractivity contribution in [3.05, 3.63) is 75.8 Å². The van der Waals surface area contributed by atoms with Crippen molar-refractivity contribution in [3.8, 4) is 0 Å². The summed E-state index contributed by atoms with van der Waals surface area (Å²) in [5, 5.41) is 5.14. The molecule has 1 N–H and O–H groups in total. The molecule has 37 heavy (non-hydrogen) atoms. The van der Waals surface area contributed by atoms with Crippen molar-refractivity contribution < 1.29 is 18.8 Å². The van der Waals surface area contributed by atoms with Crippen LogP contribution in [0.4, 0.5) is 10.1 Å². The summed E-state index contributed by atoms with van der Waals surface area (Å²) in [4.78, 5) is 52.2. The normalized spacial score (nSPS) is 20.4. The summed E-state index contributed by atoms with van der Waals surface area (Å²) < 4.78 is 14.1. The van der Waals surface area contributed by atoms with Crippen LogP contribution in [0, 0.1) is 5.82 Å². The molecule has 192 valence electrons. The maximum absolute atomic E-state index is 14.1. The highest BCUT2D eigenvalue weighted by Crippen LogP contribution is 2.35. The van der Waals surface area contributed by atoms with Gasteiger partial charge in [0.15, 0.2) is 11.5 Å². The highest BCUT2D eigenvalue weighted by molar-refractivity contribution is 7.10. The van der Waals surface area contributed by atoms with E-state index in [4.69, 9.17) is 0 Å². The van der Waals surface area contributed by atoms with Gasteiger partial charge in [0, 0.05) is 43.9 Å². The Morgan fingerprint density at radius 2 is 1.89 bits per heavy atom. The second-order valence-corrected chi connectivity index (χ2v) is 10.2. The Morgan fingerprint density at radius 3 is 2.65 bits per heavy atom. The summed E-state index contributed by atoms with van der Waals surface area (Å²) >= 11 is 1.30. The van der Waals surface area contributed by atoms with E-state index in [0.717, 1.165) is 18.5 Å². The van der Waals surface area contributed by atoms with Gasteiger partial charge >= 0.3 is 0 Å². The minimum absolute atomic E-state index is 0.0470. The average Bonchev–Trinajstić information content (AvgIpc) is 3.57. The van der Waals surface area contributed by atoms with Crippen LogP contribution in [0.2, 0.25) is 0 Å². The van der Waals surface area contributed by atoms with Crippen LogP contribution in [-0.4, -0.2) is 76.1 Å². The fraction of sp³-hybridized carbons (Fsp3) is 0.346. The number of aromatic nitrogens is 2. The zero-order valence-corrected chi connectivity index (χ0v) is 21.4. The Morgan fingerprint density at radius 1 is 1.11 bits per heavy atom. The number of nitrogens with one attached hydrogen (secondary N) is 1. The molecule has 2 saturated heterocycles. The van der Waals surface area contributed by atoms with E-state index in [2.05, 4.69) is 15.3 Å². The molecule has 9 nitrogen and oxygen atoms in total. The third kappa shape index (κ3) is 4.96. The number of nitrogens with zero attached hydrogens (tertiary/aromatic N) is 5. The SMILES string of the molecule is CN1CCN(C)C(c2ccc(NC(=O)c3csc([C@H]4CCCN4C(=O)c4ncccc4F)n3)cc2)C1=O. The molecule has 11 heteroatoms. The predicted octanol–water partition coefficient (Wildman–Crippen LogP) is 3.35. The number of hydrogen-bond acceptors (Lipinski definition) is 7. The van der Waals surface area contributed by atoms with E-state index in [1.807, 2.05) is 24.1 Å². The number of carbonyl (C=O) groups is 3. The lowest BCUT2D eigenvalue weighted by Crippen LogP contribution is -2.48. The Balaban J connectivity index is 1.26. The molecular formula is C26H27FN6O3S. The lowest BCUT2D eigenvalue weighted by molar-refractivity contribution is -0.139. The monoisotopic (exact) mass is 522 g/mol. The molecule has 0 saturated carbocycles. The van der Waals surface area contributed by atoms with E-state index in [9.17, 15) is 18.8 Å². The van der Waals surface area contributed by atoms with Crippen molar-refractivity contribution in [1.29, 1.82) is 0 Å². The van der Waals surface area contributed by atoms with Gasteiger partial charge < -0.3 is 15.1 Å². The molecule has 1 unspecified atom stereocenters. The highest BCUT2D eigenvalue weighted by atomic mass is 32.1. The first-order valence-corrected chi connectivity index (χ1v) is 12.9. The Hall–Kier alpha value is -3.70. The number of likely N-dealkylation sites (N-methyl/N-ethyl adjacent to an activating group) is 2. The van der Waals surface area contributed by atoms with E-state index in [-0.39, 0.29) is 35.3 Å². The van der Waals surface area contributed by atoms with Crippen LogP contribution in [0.3, 0.4) is 0 Å². The van der Waals surface area contributed by atoms with Crippen molar-refractivity contribution >= 4 is 34.7 Å². The molecule has 0 bridgehead atoms. The molecule has 2 fully saturated rings. The fourth-order valence-electron chi connectivity index (χ4n) is 4.78. The van der Waals surface area contributed by atoms with Gasteiger partial charge in [-0.15, -0.1) is 11.3 Å². The van der Waals surface area contributed by atoms with Crippen molar-refractivity contribution in [1.82, 2.24) is 24.7 Å². The number of halogens is 1. The van der Waals surface area contributed by atoms with Crippen LogP contribution in [0.5, 0.6) is 0 Å². The van der Waals surface area contributed by atoms with E-state index in [0.29, 0.717) is 30.2 Å². The number of pyridine rings is 1. The van der Waals surface area contributed by atoms with Gasteiger partial charge in [-0.25, -0.2) is 14.4 Å². The van der Waals surface area contributed by atoms with E-state index < -0.39 is 11.7 Å². The molecule has 3 aromatic rings. The summed E-state index contributed by atoms with van der Waals surface area (Å²) in [6.07, 6.45) is 2.83. The number of anilines is 1. The quantitative estimate of drug-likeness (QED) is 0.552.